The van der Waals surface area contributed by atoms with E-state index < -0.39 is 0 Å². The Morgan fingerprint density at radius 3 is 2.04 bits per heavy atom. The molecule has 1 aromatic carbocycles. The number of aldehydes is 1. The van der Waals surface area contributed by atoms with Crippen LogP contribution in [0.2, 0.25) is 0 Å². The van der Waals surface area contributed by atoms with Gasteiger partial charge in [0.15, 0.2) is 0 Å². The van der Waals surface area contributed by atoms with Gasteiger partial charge < -0.3 is 10.2 Å². The molecule has 5 aliphatic rings. The van der Waals surface area contributed by atoms with E-state index in [9.17, 15) is 9.59 Å². The highest BCUT2D eigenvalue weighted by atomic mass is 16.2. The van der Waals surface area contributed by atoms with Crippen LogP contribution >= 0.6 is 0 Å². The van der Waals surface area contributed by atoms with Crippen molar-refractivity contribution in [1.29, 1.82) is 0 Å². The van der Waals surface area contributed by atoms with Crippen LogP contribution < -0.4 is 10.2 Å². The summed E-state index contributed by atoms with van der Waals surface area (Å²) in [6, 6.07) is 7.77. The molecule has 144 valence electrons. The van der Waals surface area contributed by atoms with E-state index in [0.717, 1.165) is 55.7 Å². The summed E-state index contributed by atoms with van der Waals surface area (Å²) in [5.41, 5.74) is 2.00. The molecule has 4 nitrogen and oxygen atoms in total. The summed E-state index contributed by atoms with van der Waals surface area (Å²) >= 11 is 0. The highest BCUT2D eigenvalue weighted by Gasteiger charge is 2.51. The van der Waals surface area contributed by atoms with Crippen molar-refractivity contribution in [2.45, 2.75) is 56.9 Å². The van der Waals surface area contributed by atoms with Crippen LogP contribution in [0.25, 0.3) is 0 Å². The monoisotopic (exact) mass is 366 g/mol. The van der Waals surface area contributed by atoms with E-state index >= 15 is 0 Å². The Labute approximate surface area is 161 Å². The fraction of sp³-hybridized carbons (Fsp3) is 0.652. The van der Waals surface area contributed by atoms with Crippen molar-refractivity contribution in [3.8, 4) is 0 Å². The molecule has 4 saturated carbocycles. The molecule has 0 aromatic heterocycles. The number of carbonyl (C=O) groups is 2. The van der Waals surface area contributed by atoms with Crippen LogP contribution in [-0.4, -0.2) is 30.8 Å². The maximum Gasteiger partial charge on any atom is 0.223 e. The van der Waals surface area contributed by atoms with E-state index in [1.54, 1.807) is 0 Å². The second kappa shape index (κ2) is 6.65. The first kappa shape index (κ1) is 17.3. The normalized spacial score (nSPS) is 35.3. The van der Waals surface area contributed by atoms with Crippen molar-refractivity contribution in [1.82, 2.24) is 5.32 Å². The average Bonchev–Trinajstić information content (AvgIpc) is 2.67. The molecule has 0 spiro atoms. The lowest BCUT2D eigenvalue weighted by Crippen LogP contribution is -2.61. The van der Waals surface area contributed by atoms with Gasteiger partial charge in [-0.1, -0.05) is 0 Å². The minimum atomic E-state index is 0.133. The lowest BCUT2D eigenvalue weighted by Gasteiger charge is -2.57. The van der Waals surface area contributed by atoms with Gasteiger partial charge in [-0.3, -0.25) is 9.59 Å². The third-order valence-corrected chi connectivity index (χ3v) is 7.69. The Balaban J connectivity index is 1.18. The zero-order chi connectivity index (χ0) is 18.4. The number of benzene rings is 1. The summed E-state index contributed by atoms with van der Waals surface area (Å²) in [6.07, 6.45) is 10.7. The van der Waals surface area contributed by atoms with Gasteiger partial charge in [0.2, 0.25) is 5.91 Å². The lowest BCUT2D eigenvalue weighted by atomic mass is 9.53. The van der Waals surface area contributed by atoms with Crippen molar-refractivity contribution >= 4 is 17.9 Å². The molecule has 1 amide bonds. The zero-order valence-corrected chi connectivity index (χ0v) is 16.0. The topological polar surface area (TPSA) is 49.4 Å². The second-order valence-electron chi connectivity index (χ2n) is 9.66. The van der Waals surface area contributed by atoms with E-state index in [1.807, 2.05) is 24.3 Å². The zero-order valence-electron chi connectivity index (χ0n) is 16.0. The van der Waals surface area contributed by atoms with E-state index in [0.29, 0.717) is 11.5 Å². The quantitative estimate of drug-likeness (QED) is 0.825. The Morgan fingerprint density at radius 2 is 1.52 bits per heavy atom. The smallest absolute Gasteiger partial charge is 0.223 e. The van der Waals surface area contributed by atoms with Crippen LogP contribution in [0, 0.1) is 23.7 Å². The predicted molar refractivity (Wildman–Crippen MR) is 106 cm³/mol. The summed E-state index contributed by atoms with van der Waals surface area (Å²) in [5, 5.41) is 3.57. The molecule has 6 rings (SSSR count). The summed E-state index contributed by atoms with van der Waals surface area (Å²) in [7, 11) is 0. The minimum Gasteiger partial charge on any atom is -0.371 e. The number of carbonyl (C=O) groups excluding carboxylic acids is 2. The summed E-state index contributed by atoms with van der Waals surface area (Å²) in [5.74, 6) is 3.07. The molecule has 0 unspecified atom stereocenters. The predicted octanol–water partition coefficient (Wildman–Crippen LogP) is 3.80. The van der Waals surface area contributed by atoms with E-state index in [-0.39, 0.29) is 11.5 Å². The van der Waals surface area contributed by atoms with Crippen LogP contribution in [0.1, 0.15) is 61.7 Å². The molecule has 0 radical (unpaired) electrons. The average molecular weight is 367 g/mol. The number of hydrogen-bond acceptors (Lipinski definition) is 3. The van der Waals surface area contributed by atoms with Crippen molar-refractivity contribution in [3.05, 3.63) is 29.8 Å². The molecule has 1 aliphatic heterocycles. The maximum atomic E-state index is 13.0. The Hall–Kier alpha value is -1.84. The number of hydrogen-bond donors (Lipinski definition) is 1. The van der Waals surface area contributed by atoms with Gasteiger partial charge in [0.25, 0.3) is 0 Å². The molecular weight excluding hydrogens is 336 g/mol. The fourth-order valence-electron chi connectivity index (χ4n) is 6.79. The minimum absolute atomic E-state index is 0.133. The fourth-order valence-corrected chi connectivity index (χ4v) is 6.79. The van der Waals surface area contributed by atoms with Crippen LogP contribution in [0.5, 0.6) is 0 Å². The second-order valence-corrected chi connectivity index (χ2v) is 9.66. The highest BCUT2D eigenvalue weighted by molar-refractivity contribution is 5.80. The van der Waals surface area contributed by atoms with Crippen LogP contribution in [0.15, 0.2) is 24.3 Å². The molecule has 0 atom stereocenters. The van der Waals surface area contributed by atoms with Gasteiger partial charge in [0, 0.05) is 35.8 Å². The van der Waals surface area contributed by atoms with Crippen LogP contribution in [0.3, 0.4) is 0 Å². The third kappa shape index (κ3) is 3.28. The molecule has 4 heteroatoms. The van der Waals surface area contributed by atoms with Crippen LogP contribution in [-0.2, 0) is 4.79 Å². The molecule has 4 aliphatic carbocycles. The van der Waals surface area contributed by atoms with E-state index in [1.165, 1.54) is 38.5 Å². The van der Waals surface area contributed by atoms with Gasteiger partial charge in [0.05, 0.1) is 0 Å². The first-order chi connectivity index (χ1) is 13.1. The van der Waals surface area contributed by atoms with Gasteiger partial charge in [-0.2, -0.15) is 0 Å². The van der Waals surface area contributed by atoms with E-state index in [2.05, 4.69) is 10.2 Å². The Kier molecular flexibility index (Phi) is 4.25. The molecular formula is C23H30N2O2. The summed E-state index contributed by atoms with van der Waals surface area (Å²) in [4.78, 5) is 26.2. The number of piperidine rings is 1. The number of amides is 1. The van der Waals surface area contributed by atoms with Gasteiger partial charge in [0.1, 0.15) is 6.29 Å². The largest absolute Gasteiger partial charge is 0.371 e. The van der Waals surface area contributed by atoms with Crippen molar-refractivity contribution in [3.63, 3.8) is 0 Å². The standard InChI is InChI=1S/C23H30N2O2/c26-15-16-1-3-21(4-2-16)25-7-5-20(6-8-25)22(27)24-23-12-17-9-18(13-23)11-19(10-17)14-23/h1-4,15,17-20H,5-14H2,(H,24,27). The Morgan fingerprint density at radius 1 is 0.963 bits per heavy atom. The SMILES string of the molecule is O=Cc1ccc(N2CCC(C(=O)NC34CC5CC(CC(C5)C3)C4)CC2)cc1. The number of anilines is 1. The molecule has 5 fully saturated rings. The summed E-state index contributed by atoms with van der Waals surface area (Å²) in [6.45, 7) is 1.83. The first-order valence-electron chi connectivity index (χ1n) is 10.7. The molecule has 1 aromatic rings. The maximum absolute atomic E-state index is 13.0. The molecule has 1 heterocycles. The molecule has 1 N–H and O–H groups in total. The Bertz CT molecular complexity index is 683. The first-order valence-corrected chi connectivity index (χ1v) is 10.7. The summed E-state index contributed by atoms with van der Waals surface area (Å²) < 4.78 is 0. The highest BCUT2D eigenvalue weighted by Crippen LogP contribution is 2.55. The van der Waals surface area contributed by atoms with Gasteiger partial charge in [-0.05, 0) is 93.4 Å². The van der Waals surface area contributed by atoms with Gasteiger partial charge >= 0.3 is 0 Å². The van der Waals surface area contributed by atoms with Crippen molar-refractivity contribution < 1.29 is 9.59 Å². The van der Waals surface area contributed by atoms with E-state index in [4.69, 9.17) is 0 Å². The molecule has 27 heavy (non-hydrogen) atoms. The van der Waals surface area contributed by atoms with Crippen LogP contribution in [0.4, 0.5) is 5.69 Å². The number of nitrogens with one attached hydrogen (secondary N) is 1. The lowest BCUT2D eigenvalue weighted by molar-refractivity contribution is -0.131. The van der Waals surface area contributed by atoms with Crippen molar-refractivity contribution in [2.24, 2.45) is 23.7 Å². The van der Waals surface area contributed by atoms with Gasteiger partial charge in [-0.25, -0.2) is 0 Å². The third-order valence-electron chi connectivity index (χ3n) is 7.69. The van der Waals surface area contributed by atoms with Gasteiger partial charge in [-0.15, -0.1) is 0 Å². The number of rotatable bonds is 4. The van der Waals surface area contributed by atoms with Crippen molar-refractivity contribution in [2.75, 3.05) is 18.0 Å². The molecule has 1 saturated heterocycles. The number of nitrogens with zero attached hydrogens (tertiary/aromatic N) is 1. The molecule has 4 bridgehead atoms.